The molecule has 52 heavy (non-hydrogen) atoms. The monoisotopic (exact) mass is 756 g/mol. The summed E-state index contributed by atoms with van der Waals surface area (Å²) in [6, 6.07) is 17.2. The predicted octanol–water partition coefficient (Wildman–Crippen LogP) is 8.54. The van der Waals surface area contributed by atoms with Gasteiger partial charge in [-0.2, -0.15) is 13.2 Å². The quantitative estimate of drug-likeness (QED) is 0.101. The molecule has 2 N–H and O–H groups in total. The van der Waals surface area contributed by atoms with E-state index in [1.165, 1.54) is 11.0 Å². The topological polar surface area (TPSA) is 91.0 Å². The Bertz CT molecular complexity index is 2020. The maximum Gasteiger partial charge on any atom is 0.416 e. The molecule has 2 aliphatic rings. The average molecular weight is 757 g/mol. The summed E-state index contributed by atoms with van der Waals surface area (Å²) in [5, 5.41) is 1.74. The highest BCUT2D eigenvalue weighted by atomic mass is 35.5. The van der Waals surface area contributed by atoms with Crippen LogP contribution in [-0.4, -0.2) is 35.6 Å². The van der Waals surface area contributed by atoms with Crippen LogP contribution in [0.4, 0.5) is 28.9 Å². The molecule has 0 saturated carbocycles. The molecule has 3 heterocycles. The second-order valence-corrected chi connectivity index (χ2v) is 15.4. The highest BCUT2D eigenvalue weighted by molar-refractivity contribution is 7.16. The van der Waals surface area contributed by atoms with Gasteiger partial charge >= 0.3 is 12.1 Å². The van der Waals surface area contributed by atoms with Gasteiger partial charge in [-0.3, -0.25) is 24.8 Å². The van der Waals surface area contributed by atoms with Crippen LogP contribution in [0.25, 0.3) is 0 Å². The zero-order valence-corrected chi connectivity index (χ0v) is 30.4. The standard InChI is InChI=1S/C38H37ClF4N4O4S/c1-5-47-28-14-13-26(31(40)32(28)44-45-47)30(37(3,4)36(50)51-20-22-9-7-6-8-10-22)29-16-24(34(39)52-29)19-46-18-21(2)15-23-11-12-25(38(41,42)43)17-27(23)33(48)35(46)49/h6-14,16-17,21,30,44-45H,5,15,18-20H2,1-4H3/t21-,30+/m0/s1. The van der Waals surface area contributed by atoms with Gasteiger partial charge in [-0.25, -0.2) is 4.39 Å². The Labute approximate surface area is 307 Å². The highest BCUT2D eigenvalue weighted by Crippen LogP contribution is 2.49. The number of thiophene rings is 1. The number of fused-ring (bicyclic) bond motifs is 2. The summed E-state index contributed by atoms with van der Waals surface area (Å²) in [4.78, 5) is 42.7. The van der Waals surface area contributed by atoms with E-state index in [9.17, 15) is 27.6 Å². The Morgan fingerprint density at radius 3 is 2.50 bits per heavy atom. The third kappa shape index (κ3) is 7.26. The Hall–Kier alpha value is -4.46. The van der Waals surface area contributed by atoms with Crippen molar-refractivity contribution in [3.63, 3.8) is 0 Å². The first-order chi connectivity index (χ1) is 24.6. The summed E-state index contributed by atoms with van der Waals surface area (Å²) in [6.45, 7) is 7.66. The van der Waals surface area contributed by atoms with Gasteiger partial charge in [0.05, 0.1) is 21.0 Å². The largest absolute Gasteiger partial charge is 0.460 e. The summed E-state index contributed by atoms with van der Waals surface area (Å²) in [5.41, 5.74) is 5.79. The molecule has 2 atom stereocenters. The third-order valence-corrected chi connectivity index (χ3v) is 11.0. The second-order valence-electron chi connectivity index (χ2n) is 13.7. The highest BCUT2D eigenvalue weighted by Gasteiger charge is 2.44. The van der Waals surface area contributed by atoms with E-state index in [-0.39, 0.29) is 53.2 Å². The van der Waals surface area contributed by atoms with Crippen molar-refractivity contribution in [2.24, 2.45) is 11.3 Å². The van der Waals surface area contributed by atoms with E-state index in [2.05, 4.69) is 11.0 Å². The van der Waals surface area contributed by atoms with Gasteiger partial charge in [0.2, 0.25) is 0 Å². The van der Waals surface area contributed by atoms with E-state index in [1.54, 1.807) is 37.1 Å². The molecule has 0 spiro atoms. The molecule has 0 bridgehead atoms. The number of nitrogens with one attached hydrogen (secondary N) is 2. The summed E-state index contributed by atoms with van der Waals surface area (Å²) in [7, 11) is 0. The minimum Gasteiger partial charge on any atom is -0.460 e. The molecule has 14 heteroatoms. The fraction of sp³-hybridized carbons (Fsp3) is 0.342. The number of carbonyl (C=O) groups excluding carboxylic acids is 3. The Morgan fingerprint density at radius 2 is 1.81 bits per heavy atom. The van der Waals surface area contributed by atoms with Crippen LogP contribution in [0.5, 0.6) is 0 Å². The van der Waals surface area contributed by atoms with Crippen LogP contribution in [-0.2, 0) is 40.1 Å². The maximum atomic E-state index is 16.5. The van der Waals surface area contributed by atoms with Gasteiger partial charge in [0.1, 0.15) is 12.3 Å². The molecular formula is C38H37ClF4N4O4S. The van der Waals surface area contributed by atoms with E-state index in [0.717, 1.165) is 29.0 Å². The van der Waals surface area contributed by atoms with Crippen molar-refractivity contribution in [2.75, 3.05) is 23.5 Å². The lowest BCUT2D eigenvalue weighted by Gasteiger charge is -2.32. The predicted molar refractivity (Wildman–Crippen MR) is 191 cm³/mol. The molecule has 4 aromatic rings. The van der Waals surface area contributed by atoms with Crippen molar-refractivity contribution in [3.8, 4) is 0 Å². The smallest absolute Gasteiger partial charge is 0.416 e. The molecule has 0 unspecified atom stereocenters. The number of amides is 1. The summed E-state index contributed by atoms with van der Waals surface area (Å²) in [6.07, 6.45) is -4.41. The number of carbonyl (C=O) groups is 3. The van der Waals surface area contributed by atoms with Crippen molar-refractivity contribution in [1.82, 2.24) is 10.4 Å². The first-order valence-electron chi connectivity index (χ1n) is 16.7. The molecule has 0 saturated heterocycles. The Morgan fingerprint density at radius 1 is 1.08 bits per heavy atom. The normalized spacial score (nSPS) is 16.9. The number of rotatable bonds is 9. The van der Waals surface area contributed by atoms with Gasteiger partial charge in [-0.05, 0) is 74.1 Å². The zero-order chi connectivity index (χ0) is 37.5. The number of hydrogen-bond donors (Lipinski definition) is 2. The van der Waals surface area contributed by atoms with Gasteiger partial charge in [0.25, 0.3) is 11.7 Å². The summed E-state index contributed by atoms with van der Waals surface area (Å²) >= 11 is 7.93. The molecule has 3 aromatic carbocycles. The summed E-state index contributed by atoms with van der Waals surface area (Å²) in [5.74, 6) is -4.27. The Balaban J connectivity index is 1.35. The third-order valence-electron chi connectivity index (χ3n) is 9.53. The number of ketones is 1. The van der Waals surface area contributed by atoms with Gasteiger partial charge in [-0.1, -0.05) is 61.0 Å². The van der Waals surface area contributed by atoms with Crippen LogP contribution in [0.2, 0.25) is 4.34 Å². The molecule has 274 valence electrons. The van der Waals surface area contributed by atoms with Crippen LogP contribution in [0, 0.1) is 17.2 Å². The minimum atomic E-state index is -4.69. The Kier molecular flexibility index (Phi) is 10.4. The molecule has 1 aromatic heterocycles. The molecule has 0 aliphatic carbocycles. The van der Waals surface area contributed by atoms with Gasteiger partial charge in [0, 0.05) is 41.6 Å². The SMILES string of the molecule is CCN1NNc2c1ccc([C@H](c1cc(CN3C[C@@H](C)Cc4ccc(C(F)(F)F)cc4C(=O)C3=O)c(Cl)s1)C(C)(C)C(=O)OCc1ccccc1)c2F. The van der Waals surface area contributed by atoms with Crippen molar-refractivity contribution in [3.05, 3.63) is 115 Å². The number of alkyl halides is 3. The number of benzene rings is 3. The van der Waals surface area contributed by atoms with Crippen molar-refractivity contribution >= 4 is 52.0 Å². The molecule has 1 amide bonds. The van der Waals surface area contributed by atoms with Crippen LogP contribution in [0.15, 0.2) is 66.7 Å². The molecule has 2 aliphatic heterocycles. The number of esters is 1. The molecular weight excluding hydrogens is 720 g/mol. The molecule has 0 radical (unpaired) electrons. The first-order valence-corrected chi connectivity index (χ1v) is 17.9. The first kappa shape index (κ1) is 37.3. The van der Waals surface area contributed by atoms with Gasteiger partial charge in [-0.15, -0.1) is 16.9 Å². The zero-order valence-electron chi connectivity index (χ0n) is 28.9. The van der Waals surface area contributed by atoms with E-state index in [4.69, 9.17) is 16.3 Å². The van der Waals surface area contributed by atoms with Crippen LogP contribution in [0.3, 0.4) is 0 Å². The van der Waals surface area contributed by atoms with Crippen molar-refractivity contribution in [1.29, 1.82) is 0 Å². The summed E-state index contributed by atoms with van der Waals surface area (Å²) < 4.78 is 63.2. The van der Waals surface area contributed by atoms with Gasteiger partial charge in [0.15, 0.2) is 5.82 Å². The average Bonchev–Trinajstić information content (AvgIpc) is 3.69. The van der Waals surface area contributed by atoms with Crippen molar-refractivity contribution in [2.45, 2.75) is 59.4 Å². The fourth-order valence-corrected chi connectivity index (χ4v) is 8.41. The molecule has 6 rings (SSSR count). The number of anilines is 2. The lowest BCUT2D eigenvalue weighted by Crippen LogP contribution is -2.41. The van der Waals surface area contributed by atoms with E-state index in [1.807, 2.05) is 44.2 Å². The number of halogens is 5. The van der Waals surface area contributed by atoms with Crippen LogP contribution >= 0.6 is 22.9 Å². The number of hydrazine groups is 2. The number of hydrogen-bond acceptors (Lipinski definition) is 8. The van der Waals surface area contributed by atoms with E-state index >= 15 is 4.39 Å². The van der Waals surface area contributed by atoms with Crippen LogP contribution < -0.4 is 16.0 Å². The van der Waals surface area contributed by atoms with Crippen LogP contribution in [0.1, 0.15) is 76.7 Å². The van der Waals surface area contributed by atoms with E-state index in [0.29, 0.717) is 28.2 Å². The lowest BCUT2D eigenvalue weighted by molar-refractivity contribution is -0.156. The maximum absolute atomic E-state index is 16.5. The number of ether oxygens (including phenoxy) is 1. The van der Waals surface area contributed by atoms with Gasteiger partial charge < -0.3 is 9.64 Å². The molecule has 8 nitrogen and oxygen atoms in total. The minimum absolute atomic E-state index is 0.00670. The second kappa shape index (κ2) is 14.5. The lowest BCUT2D eigenvalue weighted by atomic mass is 9.73. The number of Topliss-reactive ketones (excluding diaryl/α,β-unsaturated/α-hetero) is 1. The fourth-order valence-electron chi connectivity index (χ4n) is 6.83. The van der Waals surface area contributed by atoms with Crippen molar-refractivity contribution < 1.29 is 36.7 Å². The number of nitrogens with zero attached hydrogens (tertiary/aromatic N) is 2. The molecule has 0 fully saturated rings. The van der Waals surface area contributed by atoms with E-state index < -0.39 is 46.5 Å².